The maximum Gasteiger partial charge on any atom is 0.230 e. The normalized spacial score (nSPS) is 21.5. The van der Waals surface area contributed by atoms with E-state index in [2.05, 4.69) is 24.1 Å². The third-order valence-corrected chi connectivity index (χ3v) is 5.70. The first kappa shape index (κ1) is 18.3. The van der Waals surface area contributed by atoms with Gasteiger partial charge in [-0.15, -0.1) is 0 Å². The molecular weight excluding hydrogens is 317 g/mol. The molecule has 2 heterocycles. The molecule has 1 unspecified atom stereocenters. The van der Waals surface area contributed by atoms with Gasteiger partial charge in [-0.25, -0.2) is 4.39 Å². The lowest BCUT2D eigenvalue weighted by atomic mass is 9.78. The highest BCUT2D eigenvalue weighted by Gasteiger charge is 2.35. The van der Waals surface area contributed by atoms with Crippen molar-refractivity contribution in [3.05, 3.63) is 35.6 Å². The maximum atomic E-state index is 13.4. The van der Waals surface area contributed by atoms with Gasteiger partial charge in [-0.1, -0.05) is 12.1 Å². The molecule has 2 fully saturated rings. The zero-order valence-corrected chi connectivity index (χ0v) is 15.4. The summed E-state index contributed by atoms with van der Waals surface area (Å²) >= 11 is 0. The summed E-state index contributed by atoms with van der Waals surface area (Å²) in [6, 6.07) is 7.12. The minimum atomic E-state index is -0.244. The van der Waals surface area contributed by atoms with E-state index in [1.54, 1.807) is 12.1 Å². The third-order valence-electron chi connectivity index (χ3n) is 5.70. The number of hydrogen-bond donors (Lipinski definition) is 1. The number of carbonyl (C=O) groups excluding carboxylic acids is 1. The van der Waals surface area contributed by atoms with Gasteiger partial charge in [0, 0.05) is 32.2 Å². The van der Waals surface area contributed by atoms with E-state index in [0.717, 1.165) is 57.7 Å². The van der Waals surface area contributed by atoms with Crippen molar-refractivity contribution in [1.29, 1.82) is 0 Å². The van der Waals surface area contributed by atoms with Crippen LogP contribution >= 0.6 is 0 Å². The first-order chi connectivity index (χ1) is 12.1. The van der Waals surface area contributed by atoms with Crippen molar-refractivity contribution in [1.82, 2.24) is 15.1 Å². The summed E-state index contributed by atoms with van der Waals surface area (Å²) in [7, 11) is 0. The Hall–Kier alpha value is -1.46. The van der Waals surface area contributed by atoms with Gasteiger partial charge in [0.15, 0.2) is 0 Å². The fourth-order valence-electron chi connectivity index (χ4n) is 4.14. The van der Waals surface area contributed by atoms with Gasteiger partial charge in [-0.05, 0) is 63.4 Å². The highest BCUT2D eigenvalue weighted by Crippen LogP contribution is 2.35. The van der Waals surface area contributed by atoms with Gasteiger partial charge in [0.05, 0.1) is 5.92 Å². The highest BCUT2D eigenvalue weighted by atomic mass is 19.1. The summed E-state index contributed by atoms with van der Waals surface area (Å²) in [5.74, 6) is 0.165. The molecule has 1 atom stereocenters. The molecule has 2 aliphatic heterocycles. The van der Waals surface area contributed by atoms with Crippen molar-refractivity contribution in [2.45, 2.75) is 38.6 Å². The van der Waals surface area contributed by atoms with E-state index in [1.165, 1.54) is 12.1 Å². The van der Waals surface area contributed by atoms with Crippen molar-refractivity contribution < 1.29 is 9.18 Å². The number of piperidine rings is 1. The summed E-state index contributed by atoms with van der Waals surface area (Å²) in [4.78, 5) is 17.8. The van der Waals surface area contributed by atoms with E-state index in [9.17, 15) is 9.18 Å². The zero-order valence-electron chi connectivity index (χ0n) is 15.4. The number of amides is 1. The van der Waals surface area contributed by atoms with E-state index in [4.69, 9.17) is 0 Å². The number of piperazine rings is 1. The van der Waals surface area contributed by atoms with Gasteiger partial charge in [0.25, 0.3) is 0 Å². The van der Waals surface area contributed by atoms with Crippen LogP contribution in [0.5, 0.6) is 0 Å². The molecule has 1 aromatic carbocycles. The number of halogens is 1. The minimum Gasteiger partial charge on any atom is -0.340 e. The summed E-state index contributed by atoms with van der Waals surface area (Å²) < 4.78 is 13.4. The summed E-state index contributed by atoms with van der Waals surface area (Å²) in [5, 5.41) is 3.30. The highest BCUT2D eigenvalue weighted by molar-refractivity contribution is 5.84. The fourth-order valence-corrected chi connectivity index (χ4v) is 4.14. The molecule has 2 aliphatic rings. The molecule has 0 aliphatic carbocycles. The van der Waals surface area contributed by atoms with Crippen LogP contribution < -0.4 is 5.32 Å². The van der Waals surface area contributed by atoms with E-state index in [0.29, 0.717) is 12.0 Å². The van der Waals surface area contributed by atoms with Crippen molar-refractivity contribution in [3.8, 4) is 0 Å². The molecule has 0 saturated carbocycles. The molecule has 0 radical (unpaired) electrons. The molecule has 5 heteroatoms. The van der Waals surface area contributed by atoms with Crippen molar-refractivity contribution >= 4 is 5.91 Å². The van der Waals surface area contributed by atoms with E-state index in [1.807, 2.05) is 4.90 Å². The maximum absolute atomic E-state index is 13.4. The Bertz CT molecular complexity index is 561. The van der Waals surface area contributed by atoms with Crippen LogP contribution in [0, 0.1) is 11.7 Å². The SMILES string of the molecule is CC(C)N1CCC(C(C(=O)N2CCNCC2)c2ccc(F)cc2)CC1. The first-order valence-electron chi connectivity index (χ1n) is 9.55. The van der Waals surface area contributed by atoms with Gasteiger partial charge >= 0.3 is 0 Å². The predicted molar refractivity (Wildman–Crippen MR) is 98.0 cm³/mol. The van der Waals surface area contributed by atoms with Crippen LogP contribution in [-0.4, -0.2) is 61.0 Å². The molecular formula is C20H30FN3O. The molecule has 1 amide bonds. The Kier molecular flexibility index (Phi) is 6.07. The predicted octanol–water partition coefficient (Wildman–Crippen LogP) is 2.46. The van der Waals surface area contributed by atoms with Crippen LogP contribution in [0.25, 0.3) is 0 Å². The van der Waals surface area contributed by atoms with Gasteiger partial charge < -0.3 is 15.1 Å². The standard InChI is InChI=1S/C20H30FN3O/c1-15(2)23-11-7-17(8-12-23)19(16-3-5-18(21)6-4-16)20(25)24-13-9-22-10-14-24/h3-6,15,17,19,22H,7-14H2,1-2H3. The largest absolute Gasteiger partial charge is 0.340 e. The second-order valence-corrected chi connectivity index (χ2v) is 7.57. The van der Waals surface area contributed by atoms with Crippen LogP contribution in [0.4, 0.5) is 4.39 Å². The Morgan fingerprint density at radius 1 is 1.08 bits per heavy atom. The van der Waals surface area contributed by atoms with Crippen LogP contribution in [0.2, 0.25) is 0 Å². The quantitative estimate of drug-likeness (QED) is 0.909. The topological polar surface area (TPSA) is 35.6 Å². The molecule has 1 aromatic rings. The second-order valence-electron chi connectivity index (χ2n) is 7.57. The van der Waals surface area contributed by atoms with Crippen LogP contribution in [0.3, 0.4) is 0 Å². The molecule has 0 spiro atoms. The summed E-state index contributed by atoms with van der Waals surface area (Å²) in [6.45, 7) is 9.77. The average Bonchev–Trinajstić information content (AvgIpc) is 2.64. The minimum absolute atomic E-state index is 0.145. The lowest BCUT2D eigenvalue weighted by Gasteiger charge is -2.39. The molecule has 1 N–H and O–H groups in total. The van der Waals surface area contributed by atoms with Crippen LogP contribution in [0.1, 0.15) is 38.2 Å². The van der Waals surface area contributed by atoms with Gasteiger partial charge in [-0.2, -0.15) is 0 Å². The van der Waals surface area contributed by atoms with Gasteiger partial charge in [0.2, 0.25) is 5.91 Å². The second kappa shape index (κ2) is 8.28. The molecule has 2 saturated heterocycles. The van der Waals surface area contributed by atoms with Crippen molar-refractivity contribution in [2.75, 3.05) is 39.3 Å². The third kappa shape index (κ3) is 4.39. The number of benzene rings is 1. The van der Waals surface area contributed by atoms with E-state index < -0.39 is 0 Å². The lowest BCUT2D eigenvalue weighted by molar-refractivity contribution is -0.135. The zero-order chi connectivity index (χ0) is 17.8. The van der Waals surface area contributed by atoms with Crippen LogP contribution in [-0.2, 0) is 4.79 Å². The molecule has 0 bridgehead atoms. The molecule has 4 nitrogen and oxygen atoms in total. The Balaban J connectivity index is 1.79. The molecule has 3 rings (SSSR count). The molecule has 25 heavy (non-hydrogen) atoms. The van der Waals surface area contributed by atoms with Gasteiger partial charge in [-0.3, -0.25) is 4.79 Å². The Morgan fingerprint density at radius 2 is 1.68 bits per heavy atom. The van der Waals surface area contributed by atoms with E-state index >= 15 is 0 Å². The van der Waals surface area contributed by atoms with Crippen LogP contribution in [0.15, 0.2) is 24.3 Å². The lowest BCUT2D eigenvalue weighted by Crippen LogP contribution is -2.50. The molecule has 0 aromatic heterocycles. The summed E-state index contributed by atoms with van der Waals surface area (Å²) in [5.41, 5.74) is 0.966. The van der Waals surface area contributed by atoms with E-state index in [-0.39, 0.29) is 17.6 Å². The van der Waals surface area contributed by atoms with Crippen molar-refractivity contribution in [3.63, 3.8) is 0 Å². The number of carbonyl (C=O) groups is 1. The average molecular weight is 347 g/mol. The van der Waals surface area contributed by atoms with Gasteiger partial charge in [0.1, 0.15) is 5.82 Å². The van der Waals surface area contributed by atoms with Crippen molar-refractivity contribution in [2.24, 2.45) is 5.92 Å². The fraction of sp³-hybridized carbons (Fsp3) is 0.650. The Labute approximate surface area is 150 Å². The number of rotatable bonds is 4. The monoisotopic (exact) mass is 347 g/mol. The molecule has 138 valence electrons. The smallest absolute Gasteiger partial charge is 0.230 e. The number of nitrogens with zero attached hydrogens (tertiary/aromatic N) is 2. The number of nitrogens with one attached hydrogen (secondary N) is 1. The number of likely N-dealkylation sites (tertiary alicyclic amines) is 1. The first-order valence-corrected chi connectivity index (χ1v) is 9.55. The summed E-state index contributed by atoms with van der Waals surface area (Å²) in [6.07, 6.45) is 2.05. The Morgan fingerprint density at radius 3 is 2.24 bits per heavy atom. The number of hydrogen-bond acceptors (Lipinski definition) is 3.